The van der Waals surface area contributed by atoms with E-state index in [0.29, 0.717) is 0 Å². The Morgan fingerprint density at radius 2 is 0.562 bits per heavy atom. The van der Waals surface area contributed by atoms with E-state index in [2.05, 4.69) is 288 Å². The van der Waals surface area contributed by atoms with Crippen molar-refractivity contribution in [1.29, 1.82) is 0 Å². The Balaban J connectivity index is 0.964. The lowest BCUT2D eigenvalue weighted by atomic mass is 9.85. The number of benzene rings is 13. The molecule has 2 heterocycles. The summed E-state index contributed by atoms with van der Waals surface area (Å²) in [5.74, 6) is 0. The minimum Gasteiger partial charge on any atom is -0.309 e. The van der Waals surface area contributed by atoms with Gasteiger partial charge in [-0.1, -0.05) is 176 Å². The first-order chi connectivity index (χ1) is 36.2. The van der Waals surface area contributed by atoms with Crippen LogP contribution in [-0.4, -0.2) is 9.13 Å². The number of nitrogens with zero attached hydrogens (tertiary/aromatic N) is 2. The van der Waals surface area contributed by atoms with E-state index in [1.807, 2.05) is 0 Å². The third-order valence-corrected chi connectivity index (χ3v) is 19.2. The SMILES string of the molecule is c1ccc(S(c2ccccc2)(c2ccccc2)c2cc3ccc4c(-c5ccc(-n6c7ccccc7c7ccccc76)cc5)cc(-c5ccc(-n6c7ccccc7c7ccccc76)cc5)c5ccc(c2)c3c45)cc1. The van der Waals surface area contributed by atoms with Crippen LogP contribution in [0.5, 0.6) is 0 Å². The van der Waals surface area contributed by atoms with Gasteiger partial charge < -0.3 is 9.13 Å². The van der Waals surface area contributed by atoms with Crippen molar-refractivity contribution in [3.05, 3.63) is 279 Å². The molecule has 15 rings (SSSR count). The van der Waals surface area contributed by atoms with Crippen LogP contribution in [-0.2, 0) is 0 Å². The summed E-state index contributed by atoms with van der Waals surface area (Å²) in [6.07, 6.45) is 0. The maximum Gasteiger partial charge on any atom is 0.0541 e. The molecule has 15 aromatic rings. The van der Waals surface area contributed by atoms with E-state index >= 15 is 0 Å². The van der Waals surface area contributed by atoms with Gasteiger partial charge in [0.25, 0.3) is 0 Å². The van der Waals surface area contributed by atoms with E-state index < -0.39 is 10.0 Å². The molecule has 13 aromatic carbocycles. The van der Waals surface area contributed by atoms with E-state index in [0.717, 1.165) is 11.4 Å². The summed E-state index contributed by atoms with van der Waals surface area (Å²) >= 11 is 0. The van der Waals surface area contributed by atoms with E-state index in [1.165, 1.54) is 118 Å². The maximum absolute atomic E-state index is 2.51. The number of hydrogen-bond acceptors (Lipinski definition) is 0. The molecule has 2 nitrogen and oxygen atoms in total. The van der Waals surface area contributed by atoms with Crippen molar-refractivity contribution in [3.8, 4) is 33.6 Å². The predicted molar refractivity (Wildman–Crippen MR) is 310 cm³/mol. The standard InChI is InChI=1S/C70H46N2S/c1-4-18-53(19-5-1)73(54-20-6-2-7-21-54,55-22-8-3-9-23-55)56-44-49-36-42-61-63(47-32-38-51(39-33-47)71-65-28-14-10-24-57(65)58-25-11-15-29-66(58)71)46-64(62-43-37-50(45-56)69(49)70(61)62)48-34-40-52(41-35-48)72-67-30-16-12-26-59(67)60-27-13-17-31-68(60)72/h1-46H. The van der Waals surface area contributed by atoms with Crippen molar-refractivity contribution in [1.82, 2.24) is 9.13 Å². The first-order valence-corrected chi connectivity index (χ1v) is 26.8. The van der Waals surface area contributed by atoms with Gasteiger partial charge in [0.1, 0.15) is 0 Å². The smallest absolute Gasteiger partial charge is 0.0541 e. The molecule has 73 heavy (non-hydrogen) atoms. The predicted octanol–water partition coefficient (Wildman–Crippen LogP) is 19.5. The summed E-state index contributed by atoms with van der Waals surface area (Å²) in [5, 5.41) is 12.7. The van der Waals surface area contributed by atoms with Crippen molar-refractivity contribution in [3.63, 3.8) is 0 Å². The molecule has 0 saturated heterocycles. The van der Waals surface area contributed by atoms with Crippen molar-refractivity contribution < 1.29 is 0 Å². The van der Waals surface area contributed by atoms with E-state index in [-0.39, 0.29) is 0 Å². The highest BCUT2D eigenvalue weighted by Gasteiger charge is 2.34. The molecule has 0 radical (unpaired) electrons. The Morgan fingerprint density at radius 1 is 0.233 bits per heavy atom. The van der Waals surface area contributed by atoms with Crippen molar-refractivity contribution in [2.45, 2.75) is 19.6 Å². The van der Waals surface area contributed by atoms with Crippen LogP contribution in [0.3, 0.4) is 0 Å². The highest BCUT2D eigenvalue weighted by atomic mass is 32.3. The molecule has 0 amide bonds. The molecule has 0 atom stereocenters. The van der Waals surface area contributed by atoms with Gasteiger partial charge >= 0.3 is 0 Å². The third-order valence-electron chi connectivity index (χ3n) is 15.4. The van der Waals surface area contributed by atoms with Gasteiger partial charge in [0, 0.05) is 52.5 Å². The van der Waals surface area contributed by atoms with E-state index in [1.54, 1.807) is 0 Å². The Hall–Kier alpha value is -9.15. The number of rotatable bonds is 8. The maximum atomic E-state index is 2.51. The van der Waals surface area contributed by atoms with E-state index in [9.17, 15) is 0 Å². The Labute approximate surface area is 424 Å². The molecular formula is C70H46N2S. The normalized spacial score (nSPS) is 12.3. The molecule has 0 fully saturated rings. The van der Waals surface area contributed by atoms with Gasteiger partial charge in [0.05, 0.1) is 22.1 Å². The molecule has 0 N–H and O–H groups in total. The summed E-state index contributed by atoms with van der Waals surface area (Å²) in [6.45, 7) is 0. The van der Waals surface area contributed by atoms with Crippen LogP contribution in [0.25, 0.3) is 110 Å². The molecule has 3 heteroatoms. The second-order valence-electron chi connectivity index (χ2n) is 19.2. The van der Waals surface area contributed by atoms with Gasteiger partial charge in [-0.2, -0.15) is 0 Å². The van der Waals surface area contributed by atoms with Crippen LogP contribution in [0.1, 0.15) is 0 Å². The fraction of sp³-hybridized carbons (Fsp3) is 0. The molecule has 0 saturated carbocycles. The second-order valence-corrected chi connectivity index (χ2v) is 22.3. The highest BCUT2D eigenvalue weighted by Crippen LogP contribution is 2.74. The molecule has 2 aromatic heterocycles. The highest BCUT2D eigenvalue weighted by molar-refractivity contribution is 8.34. The summed E-state index contributed by atoms with van der Waals surface area (Å²) in [7, 11) is -1.91. The topological polar surface area (TPSA) is 9.86 Å². The zero-order chi connectivity index (χ0) is 48.0. The van der Waals surface area contributed by atoms with Crippen molar-refractivity contribution >= 4 is 86.0 Å². The Kier molecular flexibility index (Phi) is 9.38. The largest absolute Gasteiger partial charge is 0.309 e. The van der Waals surface area contributed by atoms with E-state index in [4.69, 9.17) is 0 Å². The summed E-state index contributed by atoms with van der Waals surface area (Å²) < 4.78 is 4.81. The number of hydrogen-bond donors (Lipinski definition) is 0. The minimum absolute atomic E-state index is 1.15. The van der Waals surface area contributed by atoms with Crippen LogP contribution in [0.2, 0.25) is 0 Å². The summed E-state index contributed by atoms with van der Waals surface area (Å²) in [4.78, 5) is 5.28. The number of para-hydroxylation sites is 4. The molecule has 0 aliphatic rings. The molecule has 0 spiro atoms. The van der Waals surface area contributed by atoms with Crippen LogP contribution < -0.4 is 0 Å². The molecule has 0 aliphatic heterocycles. The quantitative estimate of drug-likeness (QED) is 0.134. The molecule has 342 valence electrons. The molecular weight excluding hydrogens is 901 g/mol. The molecule has 0 bridgehead atoms. The zero-order valence-corrected chi connectivity index (χ0v) is 40.7. The van der Waals surface area contributed by atoms with Crippen LogP contribution in [0.15, 0.2) is 299 Å². The number of fused-ring (bicyclic) bond motifs is 6. The van der Waals surface area contributed by atoms with Gasteiger partial charge in [-0.05, 0) is 158 Å². The lowest BCUT2D eigenvalue weighted by Gasteiger charge is -2.42. The average molecular weight is 947 g/mol. The van der Waals surface area contributed by atoms with Crippen LogP contribution in [0.4, 0.5) is 0 Å². The lowest BCUT2D eigenvalue weighted by molar-refractivity contribution is 1.18. The third kappa shape index (κ3) is 6.26. The molecule has 0 unspecified atom stereocenters. The van der Waals surface area contributed by atoms with Gasteiger partial charge in [-0.25, -0.2) is 0 Å². The minimum atomic E-state index is -1.91. The van der Waals surface area contributed by atoms with Gasteiger partial charge in [-0.3, -0.25) is 0 Å². The average Bonchev–Trinajstić information content (AvgIpc) is 3.99. The fourth-order valence-corrected chi connectivity index (χ4v) is 16.1. The van der Waals surface area contributed by atoms with Gasteiger partial charge in [0.15, 0.2) is 0 Å². The first-order valence-electron chi connectivity index (χ1n) is 25.1. The van der Waals surface area contributed by atoms with Crippen molar-refractivity contribution in [2.24, 2.45) is 0 Å². The molecule has 0 aliphatic carbocycles. The monoisotopic (exact) mass is 946 g/mol. The number of aromatic nitrogens is 2. The second kappa shape index (κ2) is 16.5. The summed E-state index contributed by atoms with van der Waals surface area (Å²) in [5.41, 5.74) is 12.0. The van der Waals surface area contributed by atoms with Crippen molar-refractivity contribution in [2.75, 3.05) is 0 Å². The van der Waals surface area contributed by atoms with Gasteiger partial charge in [-0.15, -0.1) is 10.0 Å². The Bertz CT molecular complexity index is 4140. The Morgan fingerprint density at radius 3 is 0.918 bits per heavy atom. The zero-order valence-electron chi connectivity index (χ0n) is 39.9. The van der Waals surface area contributed by atoms with Gasteiger partial charge in [0.2, 0.25) is 0 Å². The fourth-order valence-electron chi connectivity index (χ4n) is 12.2. The van der Waals surface area contributed by atoms with Crippen LogP contribution in [0, 0.1) is 0 Å². The lowest BCUT2D eigenvalue weighted by Crippen LogP contribution is -2.05. The van der Waals surface area contributed by atoms with Crippen LogP contribution >= 0.6 is 10.0 Å². The summed E-state index contributed by atoms with van der Waals surface area (Å²) in [6, 6.07) is 104. The first kappa shape index (κ1) is 41.6.